The molecule has 1 rings (SSSR count). The van der Waals surface area contributed by atoms with Gasteiger partial charge in [-0.3, -0.25) is 0 Å². The molecule has 1 aliphatic rings. The van der Waals surface area contributed by atoms with Crippen molar-refractivity contribution in [1.82, 2.24) is 0 Å². The van der Waals surface area contributed by atoms with E-state index in [-0.39, 0.29) is 12.2 Å². The molecule has 0 unspecified atom stereocenters. The van der Waals surface area contributed by atoms with Gasteiger partial charge in [0.05, 0.1) is 25.9 Å². The SMILES string of the molecule is N#CC=C(CO)CO[C@@H]1O[C@H](CO)[C@@H](O)[C@H](O)[C@H]1O. The lowest BCUT2D eigenvalue weighted by atomic mass is 9.99. The molecule has 0 saturated carbocycles. The second-order valence-corrected chi connectivity index (χ2v) is 4.10. The molecule has 0 amide bonds. The first-order valence-corrected chi connectivity index (χ1v) is 5.65. The van der Waals surface area contributed by atoms with E-state index in [1.807, 2.05) is 0 Å². The Hall–Kier alpha value is -1.05. The fraction of sp³-hybridized carbons (Fsp3) is 0.727. The van der Waals surface area contributed by atoms with E-state index in [9.17, 15) is 15.3 Å². The molecule has 8 nitrogen and oxygen atoms in total. The van der Waals surface area contributed by atoms with Gasteiger partial charge in [0.1, 0.15) is 24.4 Å². The lowest BCUT2D eigenvalue weighted by Gasteiger charge is -2.39. The predicted molar refractivity (Wildman–Crippen MR) is 60.5 cm³/mol. The summed E-state index contributed by atoms with van der Waals surface area (Å²) >= 11 is 0. The van der Waals surface area contributed by atoms with Crippen LogP contribution in [0.2, 0.25) is 0 Å². The van der Waals surface area contributed by atoms with Crippen LogP contribution in [0.15, 0.2) is 11.6 Å². The summed E-state index contributed by atoms with van der Waals surface area (Å²) in [6.07, 6.45) is -5.71. The first-order chi connectivity index (χ1) is 9.04. The smallest absolute Gasteiger partial charge is 0.187 e. The van der Waals surface area contributed by atoms with Gasteiger partial charge in [0.15, 0.2) is 6.29 Å². The number of rotatable bonds is 5. The summed E-state index contributed by atoms with van der Waals surface area (Å²) in [7, 11) is 0. The van der Waals surface area contributed by atoms with Crippen molar-refractivity contribution in [2.45, 2.75) is 30.7 Å². The van der Waals surface area contributed by atoms with Crippen LogP contribution >= 0.6 is 0 Å². The molecular formula is C11H17NO7. The molecular weight excluding hydrogens is 258 g/mol. The molecule has 1 fully saturated rings. The molecule has 0 spiro atoms. The minimum absolute atomic E-state index is 0.188. The van der Waals surface area contributed by atoms with Gasteiger partial charge in [-0.2, -0.15) is 5.26 Å². The Morgan fingerprint density at radius 1 is 1.21 bits per heavy atom. The Morgan fingerprint density at radius 3 is 2.42 bits per heavy atom. The van der Waals surface area contributed by atoms with E-state index in [1.54, 1.807) is 6.07 Å². The van der Waals surface area contributed by atoms with Gasteiger partial charge >= 0.3 is 0 Å². The molecule has 5 N–H and O–H groups in total. The molecule has 5 atom stereocenters. The maximum atomic E-state index is 9.65. The van der Waals surface area contributed by atoms with Crippen LogP contribution in [0.5, 0.6) is 0 Å². The van der Waals surface area contributed by atoms with Crippen molar-refractivity contribution in [3.8, 4) is 6.07 Å². The molecule has 0 bridgehead atoms. The second kappa shape index (κ2) is 7.52. The quantitative estimate of drug-likeness (QED) is 0.340. The number of allylic oxidation sites excluding steroid dienone is 1. The standard InChI is InChI=1S/C11H17NO7/c12-2-1-6(3-13)5-18-11-10(17)9(16)8(15)7(4-14)19-11/h1,7-11,13-17H,3-5H2/t7-,8-,9+,10-,11-/m1/s1. The molecule has 1 saturated heterocycles. The van der Waals surface area contributed by atoms with Crippen LogP contribution in [0.3, 0.4) is 0 Å². The number of aliphatic hydroxyl groups excluding tert-OH is 5. The number of nitrogens with zero attached hydrogens (tertiary/aromatic N) is 1. The largest absolute Gasteiger partial charge is 0.394 e. The van der Waals surface area contributed by atoms with E-state index >= 15 is 0 Å². The molecule has 0 aromatic carbocycles. The van der Waals surface area contributed by atoms with Gasteiger partial charge in [0, 0.05) is 6.08 Å². The Kier molecular flexibility index (Phi) is 6.33. The van der Waals surface area contributed by atoms with Crippen molar-refractivity contribution in [2.75, 3.05) is 19.8 Å². The van der Waals surface area contributed by atoms with Crippen molar-refractivity contribution in [3.05, 3.63) is 11.6 Å². The van der Waals surface area contributed by atoms with Crippen LogP contribution in [0, 0.1) is 11.3 Å². The van der Waals surface area contributed by atoms with Gasteiger partial charge in [0.2, 0.25) is 0 Å². The minimum atomic E-state index is -1.52. The number of hydrogen-bond donors (Lipinski definition) is 5. The first kappa shape index (κ1) is 16.0. The number of ether oxygens (including phenoxy) is 2. The van der Waals surface area contributed by atoms with Gasteiger partial charge in [-0.15, -0.1) is 0 Å². The highest BCUT2D eigenvalue weighted by Crippen LogP contribution is 2.22. The molecule has 0 aliphatic carbocycles. The molecule has 0 aromatic rings. The highest BCUT2D eigenvalue weighted by Gasteiger charge is 2.43. The average molecular weight is 275 g/mol. The fourth-order valence-corrected chi connectivity index (χ4v) is 1.62. The minimum Gasteiger partial charge on any atom is -0.394 e. The van der Waals surface area contributed by atoms with E-state index in [0.29, 0.717) is 0 Å². The number of hydrogen-bond acceptors (Lipinski definition) is 8. The van der Waals surface area contributed by atoms with Gasteiger partial charge in [0.25, 0.3) is 0 Å². The zero-order valence-electron chi connectivity index (χ0n) is 10.1. The number of aliphatic hydroxyl groups is 5. The lowest BCUT2D eigenvalue weighted by Crippen LogP contribution is -2.59. The third kappa shape index (κ3) is 3.95. The Labute approximate surface area is 109 Å². The average Bonchev–Trinajstić information content (AvgIpc) is 2.42. The van der Waals surface area contributed by atoms with E-state index in [4.69, 9.17) is 24.9 Å². The molecule has 19 heavy (non-hydrogen) atoms. The van der Waals surface area contributed by atoms with Gasteiger partial charge < -0.3 is 35.0 Å². The Balaban J connectivity index is 2.62. The third-order valence-electron chi connectivity index (χ3n) is 2.75. The van der Waals surface area contributed by atoms with Gasteiger partial charge in [-0.1, -0.05) is 0 Å². The molecule has 1 heterocycles. The molecule has 108 valence electrons. The highest BCUT2D eigenvalue weighted by atomic mass is 16.7. The first-order valence-electron chi connectivity index (χ1n) is 5.65. The second-order valence-electron chi connectivity index (χ2n) is 4.10. The highest BCUT2D eigenvalue weighted by molar-refractivity contribution is 5.14. The van der Waals surface area contributed by atoms with Crippen LogP contribution in [-0.4, -0.2) is 76.1 Å². The zero-order chi connectivity index (χ0) is 14.4. The summed E-state index contributed by atoms with van der Waals surface area (Å²) in [5, 5.41) is 55.0. The van der Waals surface area contributed by atoms with E-state index in [2.05, 4.69) is 0 Å². The van der Waals surface area contributed by atoms with E-state index < -0.39 is 43.9 Å². The summed E-state index contributed by atoms with van der Waals surface area (Å²) in [6.45, 7) is -1.14. The zero-order valence-corrected chi connectivity index (χ0v) is 10.1. The lowest BCUT2D eigenvalue weighted by molar-refractivity contribution is -0.299. The summed E-state index contributed by atoms with van der Waals surface area (Å²) in [5.41, 5.74) is 0.263. The van der Waals surface area contributed by atoms with Crippen molar-refractivity contribution in [3.63, 3.8) is 0 Å². The van der Waals surface area contributed by atoms with Crippen LogP contribution < -0.4 is 0 Å². The van der Waals surface area contributed by atoms with Crippen molar-refractivity contribution >= 4 is 0 Å². The summed E-state index contributed by atoms with van der Waals surface area (Å²) < 4.78 is 10.2. The van der Waals surface area contributed by atoms with Crippen molar-refractivity contribution in [1.29, 1.82) is 5.26 Å². The van der Waals surface area contributed by atoms with Gasteiger partial charge in [-0.25, -0.2) is 0 Å². The van der Waals surface area contributed by atoms with Crippen LogP contribution in [-0.2, 0) is 9.47 Å². The van der Waals surface area contributed by atoms with Crippen molar-refractivity contribution in [2.24, 2.45) is 0 Å². The van der Waals surface area contributed by atoms with E-state index in [0.717, 1.165) is 6.08 Å². The predicted octanol–water partition coefficient (Wildman–Crippen LogP) is -2.75. The van der Waals surface area contributed by atoms with Crippen molar-refractivity contribution < 1.29 is 35.0 Å². The molecule has 1 aliphatic heterocycles. The molecule has 0 radical (unpaired) electrons. The normalized spacial score (nSPS) is 36.0. The topological polar surface area (TPSA) is 143 Å². The van der Waals surface area contributed by atoms with Crippen LogP contribution in [0.4, 0.5) is 0 Å². The van der Waals surface area contributed by atoms with Crippen LogP contribution in [0.1, 0.15) is 0 Å². The molecule has 8 heteroatoms. The molecule has 0 aromatic heterocycles. The van der Waals surface area contributed by atoms with E-state index in [1.165, 1.54) is 0 Å². The number of nitriles is 1. The third-order valence-corrected chi connectivity index (χ3v) is 2.75. The summed E-state index contributed by atoms with van der Waals surface area (Å²) in [6, 6.07) is 1.72. The Bertz CT molecular complexity index is 351. The maximum Gasteiger partial charge on any atom is 0.187 e. The monoisotopic (exact) mass is 275 g/mol. The summed E-state index contributed by atoms with van der Waals surface area (Å²) in [4.78, 5) is 0. The maximum absolute atomic E-state index is 9.65. The summed E-state index contributed by atoms with van der Waals surface area (Å²) in [5.74, 6) is 0. The van der Waals surface area contributed by atoms with Crippen LogP contribution in [0.25, 0.3) is 0 Å². The van der Waals surface area contributed by atoms with Gasteiger partial charge in [-0.05, 0) is 5.57 Å². The fourth-order valence-electron chi connectivity index (χ4n) is 1.62. The Morgan fingerprint density at radius 2 is 1.89 bits per heavy atom.